The van der Waals surface area contributed by atoms with Crippen molar-refractivity contribution >= 4 is 28.3 Å². The highest BCUT2D eigenvalue weighted by atomic mass is 32.1. The number of carbonyl (C=O) groups excluding carboxylic acids is 1. The summed E-state index contributed by atoms with van der Waals surface area (Å²) in [5.74, 6) is 0.974. The number of hydrogen-bond donors (Lipinski definition) is 1. The van der Waals surface area contributed by atoms with Gasteiger partial charge in [-0.15, -0.1) is 11.3 Å². The monoisotopic (exact) mass is 328 g/mol. The predicted molar refractivity (Wildman–Crippen MR) is 92.9 cm³/mol. The molecule has 120 valence electrons. The van der Waals surface area contributed by atoms with Gasteiger partial charge in [-0.25, -0.2) is 9.97 Å². The van der Waals surface area contributed by atoms with Crippen LogP contribution in [0.1, 0.15) is 33.8 Å². The van der Waals surface area contributed by atoms with Gasteiger partial charge in [0.2, 0.25) is 0 Å². The number of hydrogen-bond acceptors (Lipinski definition) is 4. The van der Waals surface area contributed by atoms with Crippen LogP contribution in [0.2, 0.25) is 0 Å². The maximum absolute atomic E-state index is 12.1. The molecule has 0 aliphatic heterocycles. The molecule has 23 heavy (non-hydrogen) atoms. The van der Waals surface area contributed by atoms with E-state index in [0.717, 1.165) is 41.3 Å². The van der Waals surface area contributed by atoms with Crippen molar-refractivity contribution in [3.8, 4) is 0 Å². The molecule has 1 amide bonds. The molecule has 0 unspecified atom stereocenters. The second-order valence-electron chi connectivity index (χ2n) is 5.38. The Morgan fingerprint density at radius 1 is 1.35 bits per heavy atom. The topological polar surface area (TPSA) is 59.8 Å². The minimum Gasteiger partial charge on any atom is -0.351 e. The molecule has 3 aromatic rings. The molecular formula is C17H20N4OS. The molecule has 2 aromatic heterocycles. The van der Waals surface area contributed by atoms with Gasteiger partial charge < -0.3 is 9.88 Å². The van der Waals surface area contributed by atoms with Crippen molar-refractivity contribution in [2.45, 2.75) is 33.2 Å². The van der Waals surface area contributed by atoms with Gasteiger partial charge in [-0.2, -0.15) is 0 Å². The predicted octanol–water partition coefficient (Wildman–Crippen LogP) is 3.18. The highest BCUT2D eigenvalue weighted by molar-refractivity contribution is 7.13. The van der Waals surface area contributed by atoms with Gasteiger partial charge in [-0.1, -0.05) is 19.1 Å². The molecule has 0 atom stereocenters. The van der Waals surface area contributed by atoms with Gasteiger partial charge in [0.15, 0.2) is 0 Å². The molecule has 0 saturated heterocycles. The molecule has 0 aliphatic rings. The lowest BCUT2D eigenvalue weighted by Gasteiger charge is -2.07. The number of nitrogens with one attached hydrogen (secondary N) is 1. The van der Waals surface area contributed by atoms with E-state index in [1.54, 1.807) is 6.20 Å². The van der Waals surface area contributed by atoms with Crippen LogP contribution in [0.3, 0.4) is 0 Å². The quantitative estimate of drug-likeness (QED) is 0.707. The summed E-state index contributed by atoms with van der Waals surface area (Å²) in [6.45, 7) is 5.54. The first kappa shape index (κ1) is 15.7. The maximum Gasteiger partial charge on any atom is 0.263 e. The molecule has 6 heteroatoms. The Balaban J connectivity index is 1.55. The summed E-state index contributed by atoms with van der Waals surface area (Å²) in [5, 5.41) is 3.96. The first-order chi connectivity index (χ1) is 11.2. The lowest BCUT2D eigenvalue weighted by Crippen LogP contribution is -2.24. The van der Waals surface area contributed by atoms with Crippen molar-refractivity contribution in [3.63, 3.8) is 0 Å². The normalized spacial score (nSPS) is 11.0. The first-order valence-corrected chi connectivity index (χ1v) is 8.65. The minimum absolute atomic E-state index is 0.0330. The lowest BCUT2D eigenvalue weighted by molar-refractivity contribution is 0.0956. The highest BCUT2D eigenvalue weighted by Crippen LogP contribution is 2.16. The van der Waals surface area contributed by atoms with Crippen LogP contribution in [0.5, 0.6) is 0 Å². The third-order valence-corrected chi connectivity index (χ3v) is 4.91. The second kappa shape index (κ2) is 6.91. The Kier molecular flexibility index (Phi) is 4.71. The van der Waals surface area contributed by atoms with Gasteiger partial charge in [-0.05, 0) is 31.9 Å². The number of benzene rings is 1. The average Bonchev–Trinajstić information content (AvgIpc) is 3.15. The number of amides is 1. The summed E-state index contributed by atoms with van der Waals surface area (Å²) in [6, 6.07) is 8.13. The Morgan fingerprint density at radius 2 is 2.17 bits per heavy atom. The van der Waals surface area contributed by atoms with Gasteiger partial charge in [0.1, 0.15) is 10.7 Å². The number of fused-ring (bicyclic) bond motifs is 1. The Labute approximate surface area is 139 Å². The second-order valence-corrected chi connectivity index (χ2v) is 6.50. The molecule has 0 bridgehead atoms. The molecule has 1 N–H and O–H groups in total. The number of para-hydroxylation sites is 2. The Hall–Kier alpha value is -2.21. The van der Waals surface area contributed by atoms with Crippen molar-refractivity contribution in [2.75, 3.05) is 6.54 Å². The van der Waals surface area contributed by atoms with Crippen molar-refractivity contribution < 1.29 is 4.79 Å². The fourth-order valence-electron chi connectivity index (χ4n) is 2.58. The third-order valence-electron chi connectivity index (χ3n) is 3.77. The van der Waals surface area contributed by atoms with Crippen LogP contribution in [0.25, 0.3) is 11.0 Å². The Bertz CT molecular complexity index is 821. The number of carbonyl (C=O) groups is 1. The zero-order chi connectivity index (χ0) is 16.2. The van der Waals surface area contributed by atoms with Crippen LogP contribution >= 0.6 is 11.3 Å². The van der Waals surface area contributed by atoms with E-state index in [0.29, 0.717) is 11.4 Å². The van der Waals surface area contributed by atoms with E-state index in [9.17, 15) is 4.79 Å². The number of thiazole rings is 1. The van der Waals surface area contributed by atoms with Gasteiger partial charge in [-0.3, -0.25) is 4.79 Å². The number of imidazole rings is 1. The van der Waals surface area contributed by atoms with Gasteiger partial charge in [0, 0.05) is 13.1 Å². The van der Waals surface area contributed by atoms with E-state index >= 15 is 0 Å². The van der Waals surface area contributed by atoms with Crippen LogP contribution < -0.4 is 5.32 Å². The molecule has 0 fully saturated rings. The number of nitrogens with zero attached hydrogens (tertiary/aromatic N) is 3. The standard InChI is InChI=1S/C17H20N4OS/c1-3-16-19-11-15(23-16)17(22)18-9-6-10-21-12(2)20-13-7-4-5-8-14(13)21/h4-5,7-8,11H,3,6,9-10H2,1-2H3,(H,18,22). The fraction of sp³-hybridized carbons (Fsp3) is 0.353. The Morgan fingerprint density at radius 3 is 2.96 bits per heavy atom. The zero-order valence-electron chi connectivity index (χ0n) is 13.4. The largest absolute Gasteiger partial charge is 0.351 e. The number of aryl methyl sites for hydroxylation is 3. The van der Waals surface area contributed by atoms with Crippen LogP contribution in [0.15, 0.2) is 30.5 Å². The summed E-state index contributed by atoms with van der Waals surface area (Å²) in [4.78, 5) is 21.5. The molecular weight excluding hydrogens is 308 g/mol. The summed E-state index contributed by atoms with van der Waals surface area (Å²) >= 11 is 1.46. The van der Waals surface area contributed by atoms with Gasteiger partial charge >= 0.3 is 0 Å². The van der Waals surface area contributed by atoms with E-state index in [4.69, 9.17) is 0 Å². The molecule has 0 spiro atoms. The van der Waals surface area contributed by atoms with E-state index in [-0.39, 0.29) is 5.91 Å². The van der Waals surface area contributed by atoms with Crippen LogP contribution in [0, 0.1) is 6.92 Å². The van der Waals surface area contributed by atoms with Crippen LogP contribution in [-0.2, 0) is 13.0 Å². The highest BCUT2D eigenvalue weighted by Gasteiger charge is 2.10. The summed E-state index contributed by atoms with van der Waals surface area (Å²) in [5.41, 5.74) is 2.16. The van der Waals surface area contributed by atoms with E-state index < -0.39 is 0 Å². The smallest absolute Gasteiger partial charge is 0.263 e. The van der Waals surface area contributed by atoms with Crippen molar-refractivity contribution in [2.24, 2.45) is 0 Å². The number of aromatic nitrogens is 3. The zero-order valence-corrected chi connectivity index (χ0v) is 14.2. The minimum atomic E-state index is -0.0330. The lowest BCUT2D eigenvalue weighted by atomic mass is 10.3. The third kappa shape index (κ3) is 3.42. The fourth-order valence-corrected chi connectivity index (χ4v) is 3.36. The molecule has 2 heterocycles. The average molecular weight is 328 g/mol. The van der Waals surface area contributed by atoms with Crippen molar-refractivity contribution in [1.82, 2.24) is 19.9 Å². The molecule has 5 nitrogen and oxygen atoms in total. The SMILES string of the molecule is CCc1ncc(C(=O)NCCCn2c(C)nc3ccccc32)s1. The summed E-state index contributed by atoms with van der Waals surface area (Å²) in [7, 11) is 0. The molecule has 0 aliphatic carbocycles. The van der Waals surface area contributed by atoms with Crippen LogP contribution in [-0.4, -0.2) is 27.0 Å². The van der Waals surface area contributed by atoms with Crippen molar-refractivity contribution in [3.05, 3.63) is 46.2 Å². The maximum atomic E-state index is 12.1. The molecule has 1 aromatic carbocycles. The van der Waals surface area contributed by atoms with E-state index in [1.165, 1.54) is 11.3 Å². The molecule has 0 saturated carbocycles. The molecule has 3 rings (SSSR count). The summed E-state index contributed by atoms with van der Waals surface area (Å²) < 4.78 is 2.20. The van der Waals surface area contributed by atoms with Gasteiger partial charge in [0.05, 0.1) is 22.2 Å². The number of rotatable bonds is 6. The summed E-state index contributed by atoms with van der Waals surface area (Å²) in [6.07, 6.45) is 3.39. The van der Waals surface area contributed by atoms with Gasteiger partial charge in [0.25, 0.3) is 5.91 Å². The van der Waals surface area contributed by atoms with Crippen molar-refractivity contribution in [1.29, 1.82) is 0 Å². The van der Waals surface area contributed by atoms with E-state index in [2.05, 4.69) is 25.9 Å². The first-order valence-electron chi connectivity index (χ1n) is 7.84. The van der Waals surface area contributed by atoms with E-state index in [1.807, 2.05) is 32.0 Å². The molecule has 0 radical (unpaired) electrons. The van der Waals surface area contributed by atoms with Crippen LogP contribution in [0.4, 0.5) is 0 Å².